The molecular formula is C21H28N4O3. The lowest BCUT2D eigenvalue weighted by Gasteiger charge is -2.28. The molecule has 0 spiro atoms. The molecule has 1 aromatic heterocycles. The summed E-state index contributed by atoms with van der Waals surface area (Å²) in [5.41, 5.74) is 0.749. The fourth-order valence-electron chi connectivity index (χ4n) is 3.14. The molecule has 0 radical (unpaired) electrons. The van der Waals surface area contributed by atoms with E-state index in [0.29, 0.717) is 12.6 Å². The van der Waals surface area contributed by atoms with Gasteiger partial charge in [-0.2, -0.15) is 0 Å². The van der Waals surface area contributed by atoms with E-state index in [4.69, 9.17) is 9.47 Å². The van der Waals surface area contributed by atoms with Crippen LogP contribution in [0.15, 0.2) is 42.7 Å². The molecule has 3 rings (SSSR count). The largest absolute Gasteiger partial charge is 0.494 e. The second-order valence-electron chi connectivity index (χ2n) is 6.95. The van der Waals surface area contributed by atoms with Crippen LogP contribution in [0, 0.1) is 0 Å². The lowest BCUT2D eigenvalue weighted by Crippen LogP contribution is -2.41. The summed E-state index contributed by atoms with van der Waals surface area (Å²) in [6, 6.07) is 9.59. The minimum Gasteiger partial charge on any atom is -0.494 e. The molecule has 0 aliphatic heterocycles. The van der Waals surface area contributed by atoms with Crippen molar-refractivity contribution >= 4 is 11.7 Å². The van der Waals surface area contributed by atoms with Crippen LogP contribution in [0.4, 0.5) is 10.5 Å². The number of hydrogen-bond donors (Lipinski definition) is 2. The van der Waals surface area contributed by atoms with Crippen molar-refractivity contribution in [3.63, 3.8) is 0 Å². The lowest BCUT2D eigenvalue weighted by molar-refractivity contribution is 0.129. The van der Waals surface area contributed by atoms with E-state index in [2.05, 4.69) is 27.5 Å². The van der Waals surface area contributed by atoms with Crippen molar-refractivity contribution in [1.82, 2.24) is 15.3 Å². The van der Waals surface area contributed by atoms with Gasteiger partial charge in [0, 0.05) is 24.1 Å². The summed E-state index contributed by atoms with van der Waals surface area (Å²) in [6.45, 7) is 2.85. The van der Waals surface area contributed by atoms with Crippen LogP contribution in [0.3, 0.4) is 0 Å². The first kappa shape index (κ1) is 19.9. The molecule has 7 heteroatoms. The zero-order valence-corrected chi connectivity index (χ0v) is 16.3. The fraction of sp³-hybridized carbons (Fsp3) is 0.476. The molecule has 1 heterocycles. The number of nitrogens with one attached hydrogen (secondary N) is 2. The van der Waals surface area contributed by atoms with Crippen molar-refractivity contribution in [2.24, 2.45) is 0 Å². The summed E-state index contributed by atoms with van der Waals surface area (Å²) < 4.78 is 11.4. The summed E-state index contributed by atoms with van der Waals surface area (Å²) in [7, 11) is 0. The number of rotatable bonds is 8. The number of carbonyl (C=O) groups excluding carboxylic acids is 1. The van der Waals surface area contributed by atoms with Crippen LogP contribution in [0.1, 0.15) is 45.4 Å². The number of nitrogens with zero attached hydrogens (tertiary/aromatic N) is 2. The minimum atomic E-state index is -0.185. The molecule has 2 amide bonds. The molecule has 0 bridgehead atoms. The molecule has 7 nitrogen and oxygen atoms in total. The second-order valence-corrected chi connectivity index (χ2v) is 6.95. The van der Waals surface area contributed by atoms with E-state index in [-0.39, 0.29) is 18.2 Å². The number of amides is 2. The predicted octanol–water partition coefficient (Wildman–Crippen LogP) is 4.17. The number of anilines is 1. The molecule has 1 saturated carbocycles. The maximum Gasteiger partial charge on any atom is 0.319 e. The van der Waals surface area contributed by atoms with E-state index >= 15 is 0 Å². The van der Waals surface area contributed by atoms with Gasteiger partial charge in [-0.15, -0.1) is 0 Å². The van der Waals surface area contributed by atoms with Gasteiger partial charge in [0.1, 0.15) is 11.9 Å². The number of unbranched alkanes of at least 4 members (excludes halogenated alkanes) is 1. The number of aromatic nitrogens is 2. The van der Waals surface area contributed by atoms with E-state index in [1.54, 1.807) is 18.5 Å². The number of hydrogen-bond acceptors (Lipinski definition) is 5. The van der Waals surface area contributed by atoms with Crippen LogP contribution in [0.5, 0.6) is 11.8 Å². The van der Waals surface area contributed by atoms with Crippen LogP contribution in [0.2, 0.25) is 0 Å². The average Bonchev–Trinajstić information content (AvgIpc) is 2.72. The third-order valence-corrected chi connectivity index (χ3v) is 4.70. The topological polar surface area (TPSA) is 85.4 Å². The molecule has 1 aliphatic carbocycles. The molecule has 0 unspecified atom stereocenters. The van der Waals surface area contributed by atoms with Crippen LogP contribution in [-0.4, -0.2) is 34.8 Å². The SMILES string of the molecule is CCCCOc1ccc(NC(=O)NC2CCC(Oc3ncccn3)CC2)cc1. The van der Waals surface area contributed by atoms with E-state index in [1.807, 2.05) is 24.3 Å². The van der Waals surface area contributed by atoms with E-state index in [1.165, 1.54) is 0 Å². The molecule has 28 heavy (non-hydrogen) atoms. The van der Waals surface area contributed by atoms with Crippen molar-refractivity contribution in [2.45, 2.75) is 57.6 Å². The molecule has 0 saturated heterocycles. The normalized spacial score (nSPS) is 18.9. The average molecular weight is 384 g/mol. The zero-order valence-electron chi connectivity index (χ0n) is 16.3. The van der Waals surface area contributed by atoms with Crippen molar-refractivity contribution in [1.29, 1.82) is 0 Å². The number of carbonyl (C=O) groups is 1. The highest BCUT2D eigenvalue weighted by atomic mass is 16.5. The van der Waals surface area contributed by atoms with Crippen molar-refractivity contribution < 1.29 is 14.3 Å². The third-order valence-electron chi connectivity index (χ3n) is 4.70. The summed E-state index contributed by atoms with van der Waals surface area (Å²) >= 11 is 0. The number of urea groups is 1. The van der Waals surface area contributed by atoms with Gasteiger partial charge >= 0.3 is 12.0 Å². The molecule has 2 N–H and O–H groups in total. The molecule has 1 aliphatic rings. The Balaban J connectivity index is 1.37. The Kier molecular flexibility index (Phi) is 7.46. The van der Waals surface area contributed by atoms with Crippen molar-refractivity contribution in [2.75, 3.05) is 11.9 Å². The van der Waals surface area contributed by atoms with E-state index in [0.717, 1.165) is 50.0 Å². The highest BCUT2D eigenvalue weighted by Gasteiger charge is 2.24. The van der Waals surface area contributed by atoms with Gasteiger partial charge in [0.2, 0.25) is 0 Å². The first-order valence-electron chi connectivity index (χ1n) is 9.97. The van der Waals surface area contributed by atoms with Gasteiger partial charge in [0.15, 0.2) is 0 Å². The Labute approximate surface area is 165 Å². The Morgan fingerprint density at radius 1 is 1.11 bits per heavy atom. The molecular weight excluding hydrogens is 356 g/mol. The van der Waals surface area contributed by atoms with Crippen LogP contribution in [-0.2, 0) is 0 Å². The monoisotopic (exact) mass is 384 g/mol. The van der Waals surface area contributed by atoms with Crippen molar-refractivity contribution in [3.8, 4) is 11.8 Å². The highest BCUT2D eigenvalue weighted by molar-refractivity contribution is 5.89. The first-order valence-corrected chi connectivity index (χ1v) is 9.97. The molecule has 1 aromatic carbocycles. The van der Waals surface area contributed by atoms with Gasteiger partial charge < -0.3 is 20.1 Å². The number of ether oxygens (including phenoxy) is 2. The minimum absolute atomic E-state index is 0.101. The summed E-state index contributed by atoms with van der Waals surface area (Å²) in [6.07, 6.45) is 9.06. The Hall–Kier alpha value is -2.83. The van der Waals surface area contributed by atoms with Gasteiger partial charge in [-0.05, 0) is 62.4 Å². The Morgan fingerprint density at radius 3 is 2.50 bits per heavy atom. The summed E-state index contributed by atoms with van der Waals surface area (Å²) in [5, 5.41) is 5.92. The lowest BCUT2D eigenvalue weighted by atomic mass is 9.93. The maximum atomic E-state index is 12.2. The maximum absolute atomic E-state index is 12.2. The quantitative estimate of drug-likeness (QED) is 0.667. The van der Waals surface area contributed by atoms with Gasteiger partial charge in [0.05, 0.1) is 6.61 Å². The smallest absolute Gasteiger partial charge is 0.319 e. The molecule has 0 atom stereocenters. The predicted molar refractivity (Wildman–Crippen MR) is 108 cm³/mol. The Morgan fingerprint density at radius 2 is 1.82 bits per heavy atom. The first-order chi connectivity index (χ1) is 13.7. The summed E-state index contributed by atoms with van der Waals surface area (Å²) in [4.78, 5) is 20.4. The van der Waals surface area contributed by atoms with Gasteiger partial charge in [0.25, 0.3) is 0 Å². The van der Waals surface area contributed by atoms with Gasteiger partial charge in [-0.25, -0.2) is 14.8 Å². The van der Waals surface area contributed by atoms with E-state index < -0.39 is 0 Å². The van der Waals surface area contributed by atoms with Gasteiger partial charge in [-0.1, -0.05) is 13.3 Å². The fourth-order valence-corrected chi connectivity index (χ4v) is 3.14. The van der Waals surface area contributed by atoms with Crippen LogP contribution >= 0.6 is 0 Å². The highest BCUT2D eigenvalue weighted by Crippen LogP contribution is 2.22. The molecule has 1 fully saturated rings. The zero-order chi connectivity index (χ0) is 19.6. The third kappa shape index (κ3) is 6.40. The second kappa shape index (κ2) is 10.5. The van der Waals surface area contributed by atoms with E-state index in [9.17, 15) is 4.79 Å². The van der Waals surface area contributed by atoms with Crippen LogP contribution in [0.25, 0.3) is 0 Å². The number of benzene rings is 1. The standard InChI is InChI=1S/C21H28N4O3/c1-2-3-15-27-18-9-5-16(6-10-18)24-20(26)25-17-7-11-19(12-8-17)28-21-22-13-4-14-23-21/h4-6,9-10,13-14,17,19H,2-3,7-8,11-12,15H2,1H3,(H2,24,25,26). The summed E-state index contributed by atoms with van der Waals surface area (Å²) in [5.74, 6) is 0.820. The van der Waals surface area contributed by atoms with Gasteiger partial charge in [-0.3, -0.25) is 0 Å². The Bertz CT molecular complexity index is 716. The van der Waals surface area contributed by atoms with Crippen molar-refractivity contribution in [3.05, 3.63) is 42.7 Å². The molecule has 150 valence electrons. The van der Waals surface area contributed by atoms with Crippen LogP contribution < -0.4 is 20.1 Å². The molecule has 2 aromatic rings.